The molecule has 4 saturated heterocycles. The molecule has 9 rings (SSSR count). The molecule has 44 heavy (non-hydrogen) atoms. The van der Waals surface area contributed by atoms with Gasteiger partial charge in [0.2, 0.25) is 0 Å². The molecule has 8 nitrogen and oxygen atoms in total. The van der Waals surface area contributed by atoms with Crippen LogP contribution in [0.1, 0.15) is 44.1 Å². The first-order valence-electron chi connectivity index (χ1n) is 15.8. The van der Waals surface area contributed by atoms with Gasteiger partial charge in [0, 0.05) is 35.1 Å². The molecule has 3 atom stereocenters. The number of nitrogens with zero attached hydrogens (tertiary/aromatic N) is 4. The second kappa shape index (κ2) is 9.87. The highest BCUT2D eigenvalue weighted by Gasteiger charge is 2.46. The van der Waals surface area contributed by atoms with E-state index >= 15 is 0 Å². The summed E-state index contributed by atoms with van der Waals surface area (Å²) in [6.07, 6.45) is 12.9. The minimum absolute atomic E-state index is 0.0780. The van der Waals surface area contributed by atoms with Crippen LogP contribution in [0.2, 0.25) is 5.02 Å². The lowest BCUT2D eigenvalue weighted by Crippen LogP contribution is -2.60. The fourth-order valence-corrected chi connectivity index (χ4v) is 9.02. The van der Waals surface area contributed by atoms with E-state index in [0.29, 0.717) is 53.2 Å². The Morgan fingerprint density at radius 1 is 1.11 bits per heavy atom. The number of anilines is 1. The number of fused-ring (bicyclic) bond motifs is 7. The van der Waals surface area contributed by atoms with Crippen LogP contribution in [0.4, 0.5) is 5.82 Å². The van der Waals surface area contributed by atoms with Gasteiger partial charge in [0.05, 0.1) is 27.5 Å². The van der Waals surface area contributed by atoms with Crippen molar-refractivity contribution in [3.8, 4) is 41.0 Å². The van der Waals surface area contributed by atoms with Crippen molar-refractivity contribution >= 4 is 39.1 Å². The predicted molar refractivity (Wildman–Crippen MR) is 172 cm³/mol. The Hall–Kier alpha value is -3.77. The summed E-state index contributed by atoms with van der Waals surface area (Å²) >= 11 is 7.29. The third-order valence-corrected chi connectivity index (χ3v) is 11.1. The summed E-state index contributed by atoms with van der Waals surface area (Å²) in [4.78, 5) is 15.1. The lowest BCUT2D eigenvalue weighted by molar-refractivity contribution is 0.108. The topological polar surface area (TPSA) is 83.0 Å². The first-order chi connectivity index (χ1) is 21.5. The fraction of sp³-hybridized carbons (Fsp3) is 0.429. The van der Waals surface area contributed by atoms with E-state index in [1.807, 2.05) is 24.3 Å². The van der Waals surface area contributed by atoms with Crippen molar-refractivity contribution < 1.29 is 14.6 Å². The van der Waals surface area contributed by atoms with Crippen molar-refractivity contribution in [2.45, 2.75) is 62.2 Å². The number of rotatable bonds is 4. The Morgan fingerprint density at radius 3 is 2.82 bits per heavy atom. The number of hydrogen-bond donors (Lipinski definition) is 2. The number of nitrogens with one attached hydrogen (secondary N) is 1. The molecule has 4 fully saturated rings. The van der Waals surface area contributed by atoms with E-state index in [9.17, 15) is 5.11 Å². The van der Waals surface area contributed by atoms with Crippen LogP contribution in [0.5, 0.6) is 17.5 Å². The molecule has 0 amide bonds. The first kappa shape index (κ1) is 26.6. The molecule has 4 aromatic rings. The van der Waals surface area contributed by atoms with Crippen molar-refractivity contribution in [2.24, 2.45) is 0 Å². The maximum absolute atomic E-state index is 10.8. The van der Waals surface area contributed by atoms with Crippen LogP contribution >= 0.6 is 11.6 Å². The number of phenolic OH excluding ortho intramolecular Hbond substituents is 1. The van der Waals surface area contributed by atoms with Crippen molar-refractivity contribution in [3.05, 3.63) is 47.0 Å². The van der Waals surface area contributed by atoms with Gasteiger partial charge in [0.15, 0.2) is 5.75 Å². The van der Waals surface area contributed by atoms with Gasteiger partial charge in [0.1, 0.15) is 24.8 Å². The number of terminal acetylenes is 1. The summed E-state index contributed by atoms with van der Waals surface area (Å²) in [5, 5.41) is 17.5. The van der Waals surface area contributed by atoms with Gasteiger partial charge in [0.25, 0.3) is 0 Å². The summed E-state index contributed by atoms with van der Waals surface area (Å²) in [6.45, 7) is 4.18. The molecule has 5 aliphatic heterocycles. The highest BCUT2D eigenvalue weighted by Crippen LogP contribution is 2.49. The number of phenols is 1. The van der Waals surface area contributed by atoms with E-state index in [0.717, 1.165) is 78.4 Å². The van der Waals surface area contributed by atoms with E-state index in [1.54, 1.807) is 12.1 Å². The fourth-order valence-electron chi connectivity index (χ4n) is 8.71. The van der Waals surface area contributed by atoms with E-state index < -0.39 is 0 Å². The van der Waals surface area contributed by atoms with Crippen LogP contribution < -0.4 is 19.7 Å². The Balaban J connectivity index is 1.25. The Bertz CT molecular complexity index is 1880. The first-order valence-corrected chi connectivity index (χ1v) is 16.2. The normalized spacial score (nSPS) is 25.0. The molecule has 0 radical (unpaired) electrons. The van der Waals surface area contributed by atoms with Crippen LogP contribution in [0.15, 0.2) is 36.4 Å². The SMILES string of the molecule is C#Cc1cccc2cc(O)cc(-c3cc4nc(OCC56CCCN5CCC6)nc5c4c(c3Cl)OCC3C4CCC(CN53)N4)c12. The molecular formula is C35H34ClN5O3. The Kier molecular flexibility index (Phi) is 5.97. The van der Waals surface area contributed by atoms with E-state index in [4.69, 9.17) is 37.5 Å². The van der Waals surface area contributed by atoms with Crippen molar-refractivity contribution in [3.63, 3.8) is 0 Å². The van der Waals surface area contributed by atoms with Crippen molar-refractivity contribution in [1.29, 1.82) is 0 Å². The number of ether oxygens (including phenoxy) is 2. The van der Waals surface area contributed by atoms with E-state index in [-0.39, 0.29) is 17.3 Å². The predicted octanol–water partition coefficient (Wildman–Crippen LogP) is 5.50. The third-order valence-electron chi connectivity index (χ3n) is 10.8. The van der Waals surface area contributed by atoms with Gasteiger partial charge in [-0.3, -0.25) is 4.90 Å². The van der Waals surface area contributed by atoms with Crippen LogP contribution in [0, 0.1) is 12.3 Å². The van der Waals surface area contributed by atoms with Gasteiger partial charge in [-0.1, -0.05) is 29.7 Å². The number of hydrogen-bond acceptors (Lipinski definition) is 8. The molecule has 9 heteroatoms. The quantitative estimate of drug-likeness (QED) is 0.294. The highest BCUT2D eigenvalue weighted by atomic mass is 35.5. The average molecular weight is 608 g/mol. The van der Waals surface area contributed by atoms with Gasteiger partial charge >= 0.3 is 6.01 Å². The summed E-state index contributed by atoms with van der Waals surface area (Å²) in [5.41, 5.74) is 2.94. The molecule has 1 aromatic heterocycles. The minimum atomic E-state index is 0.0780. The maximum atomic E-state index is 10.8. The number of piperazine rings is 1. The molecule has 2 bridgehead atoms. The van der Waals surface area contributed by atoms with E-state index in [1.165, 1.54) is 12.8 Å². The second-order valence-corrected chi connectivity index (χ2v) is 13.5. The zero-order valence-electron chi connectivity index (χ0n) is 24.5. The van der Waals surface area contributed by atoms with Gasteiger partial charge in [-0.05, 0) is 86.8 Å². The number of aromatic nitrogens is 2. The number of benzene rings is 3. The number of aromatic hydroxyl groups is 1. The van der Waals surface area contributed by atoms with Gasteiger partial charge in [-0.2, -0.15) is 9.97 Å². The molecule has 3 unspecified atom stereocenters. The van der Waals surface area contributed by atoms with Gasteiger partial charge in [-0.15, -0.1) is 6.42 Å². The second-order valence-electron chi connectivity index (χ2n) is 13.1. The van der Waals surface area contributed by atoms with Gasteiger partial charge in [-0.25, -0.2) is 0 Å². The van der Waals surface area contributed by atoms with Crippen molar-refractivity contribution in [1.82, 2.24) is 20.2 Å². The molecule has 3 aromatic carbocycles. The summed E-state index contributed by atoms with van der Waals surface area (Å²) in [6, 6.07) is 12.4. The molecule has 224 valence electrons. The lowest BCUT2D eigenvalue weighted by atomic mass is 9.93. The highest BCUT2D eigenvalue weighted by molar-refractivity contribution is 6.37. The van der Waals surface area contributed by atoms with Crippen molar-refractivity contribution in [2.75, 3.05) is 37.7 Å². The minimum Gasteiger partial charge on any atom is -0.508 e. The van der Waals surface area contributed by atoms with E-state index in [2.05, 4.69) is 21.0 Å². The molecule has 6 heterocycles. The van der Waals surface area contributed by atoms with Gasteiger partial charge < -0.3 is 24.8 Å². The summed E-state index contributed by atoms with van der Waals surface area (Å²) < 4.78 is 13.2. The number of halogens is 1. The molecule has 0 spiro atoms. The maximum Gasteiger partial charge on any atom is 0.319 e. The Labute approximate surface area is 261 Å². The lowest BCUT2D eigenvalue weighted by Gasteiger charge is -2.40. The summed E-state index contributed by atoms with van der Waals surface area (Å²) in [7, 11) is 0. The molecular weight excluding hydrogens is 574 g/mol. The van der Waals surface area contributed by atoms with Crippen LogP contribution in [-0.2, 0) is 0 Å². The third kappa shape index (κ3) is 3.92. The zero-order chi connectivity index (χ0) is 29.6. The average Bonchev–Trinajstić information content (AvgIpc) is 3.70. The summed E-state index contributed by atoms with van der Waals surface area (Å²) in [5.74, 6) is 4.34. The zero-order valence-corrected chi connectivity index (χ0v) is 25.2. The molecule has 2 N–H and O–H groups in total. The molecule has 0 aliphatic carbocycles. The molecule has 0 saturated carbocycles. The smallest absolute Gasteiger partial charge is 0.319 e. The standard InChI is InChI=1S/C35H34ClN5O3/c1-2-20-6-3-7-21-14-23(42)15-24(29(20)21)25-16-27-30-32(31(25)36)43-18-28-26-9-8-22(37-26)17-41(28)33(30)39-34(38-27)44-19-35-10-4-12-40(35)13-5-11-35/h1,3,6-7,14-16,22,26,28,37,42H,4-5,8-13,17-19H2. The van der Waals surface area contributed by atoms with Crippen LogP contribution in [0.3, 0.4) is 0 Å². The Morgan fingerprint density at radius 2 is 1.98 bits per heavy atom. The monoisotopic (exact) mass is 607 g/mol. The molecule has 5 aliphatic rings. The largest absolute Gasteiger partial charge is 0.508 e. The van der Waals surface area contributed by atoms with Crippen LogP contribution in [-0.4, -0.2) is 76.5 Å². The van der Waals surface area contributed by atoms with Crippen LogP contribution in [0.25, 0.3) is 32.8 Å².